The number of hydrogen-bond acceptors (Lipinski definition) is 4. The minimum Gasteiger partial charge on any atom is -0.325 e. The highest BCUT2D eigenvalue weighted by Crippen LogP contribution is 2.31. The highest BCUT2D eigenvalue weighted by Gasteiger charge is 2.13. The van der Waals surface area contributed by atoms with Gasteiger partial charge in [0.1, 0.15) is 0 Å². The Morgan fingerprint density at radius 2 is 1.92 bits per heavy atom. The summed E-state index contributed by atoms with van der Waals surface area (Å²) in [4.78, 5) is 16.7. The molecule has 0 aliphatic heterocycles. The molecule has 3 nitrogen and oxygen atoms in total. The van der Waals surface area contributed by atoms with Gasteiger partial charge in [-0.1, -0.05) is 56.3 Å². The van der Waals surface area contributed by atoms with Gasteiger partial charge in [0, 0.05) is 10.7 Å². The minimum atomic E-state index is -0.0363. The molecule has 0 atom stereocenters. The third-order valence-corrected chi connectivity index (χ3v) is 6.11. The summed E-state index contributed by atoms with van der Waals surface area (Å²) in [5, 5.41) is 3.60. The maximum atomic E-state index is 12.2. The molecular weight excluding hydrogens is 372 g/mol. The van der Waals surface area contributed by atoms with Crippen molar-refractivity contribution < 1.29 is 4.79 Å². The molecule has 0 unspecified atom stereocenters. The van der Waals surface area contributed by atoms with Crippen molar-refractivity contribution in [3.05, 3.63) is 53.1 Å². The Hall–Kier alpha value is -1.56. The number of fused-ring (bicyclic) bond motifs is 1. The monoisotopic (exact) mass is 390 g/mol. The van der Waals surface area contributed by atoms with Crippen LogP contribution in [0.25, 0.3) is 10.2 Å². The molecule has 0 aliphatic carbocycles. The molecule has 1 amide bonds. The highest BCUT2D eigenvalue weighted by molar-refractivity contribution is 8.01. The van der Waals surface area contributed by atoms with Gasteiger partial charge in [-0.2, -0.15) is 0 Å². The first-order valence-electron chi connectivity index (χ1n) is 7.90. The average molecular weight is 391 g/mol. The first kappa shape index (κ1) is 18.2. The predicted molar refractivity (Wildman–Crippen MR) is 109 cm³/mol. The number of thiazole rings is 1. The van der Waals surface area contributed by atoms with E-state index >= 15 is 0 Å². The van der Waals surface area contributed by atoms with Crippen molar-refractivity contribution in [2.45, 2.75) is 30.5 Å². The number of nitrogens with one attached hydrogen (secondary N) is 1. The number of anilines is 1. The Bertz CT molecular complexity index is 898. The van der Waals surface area contributed by atoms with Crippen molar-refractivity contribution >= 4 is 56.5 Å². The Labute approximate surface area is 160 Å². The second-order valence-corrected chi connectivity index (χ2v) is 9.45. The predicted octanol–water partition coefficient (Wildman–Crippen LogP) is 5.98. The lowest BCUT2D eigenvalue weighted by atomic mass is 9.87. The molecule has 1 heterocycles. The number of carbonyl (C=O) groups excluding carboxylic acids is 1. The molecular formula is C19H19ClN2OS2. The number of hydrogen-bond donors (Lipinski definition) is 1. The zero-order valence-corrected chi connectivity index (χ0v) is 16.7. The van der Waals surface area contributed by atoms with Gasteiger partial charge in [0.2, 0.25) is 5.91 Å². The lowest BCUT2D eigenvalue weighted by molar-refractivity contribution is -0.113. The van der Waals surface area contributed by atoms with Crippen LogP contribution in [-0.2, 0) is 10.2 Å². The van der Waals surface area contributed by atoms with Gasteiger partial charge in [0.05, 0.1) is 16.0 Å². The van der Waals surface area contributed by atoms with Crippen LogP contribution in [0.2, 0.25) is 5.02 Å². The number of rotatable bonds is 4. The summed E-state index contributed by atoms with van der Waals surface area (Å²) >= 11 is 8.99. The zero-order valence-electron chi connectivity index (χ0n) is 14.3. The molecule has 0 fully saturated rings. The highest BCUT2D eigenvalue weighted by atomic mass is 35.5. The molecule has 0 saturated heterocycles. The smallest absolute Gasteiger partial charge is 0.234 e. The van der Waals surface area contributed by atoms with Gasteiger partial charge in [0.15, 0.2) is 4.34 Å². The molecule has 1 aromatic heterocycles. The number of benzene rings is 2. The topological polar surface area (TPSA) is 42.0 Å². The number of carbonyl (C=O) groups is 1. The van der Waals surface area contributed by atoms with E-state index in [1.165, 1.54) is 17.3 Å². The summed E-state index contributed by atoms with van der Waals surface area (Å²) in [6, 6.07) is 13.7. The van der Waals surface area contributed by atoms with E-state index in [0.717, 1.165) is 20.2 Å². The van der Waals surface area contributed by atoms with E-state index in [1.807, 2.05) is 30.3 Å². The molecule has 3 rings (SSSR count). The van der Waals surface area contributed by atoms with Crippen LogP contribution >= 0.6 is 34.7 Å². The SMILES string of the molecule is CC(C)(C)c1ccc(NC(=O)CSc2nc3cc(Cl)ccc3s2)cc1. The van der Waals surface area contributed by atoms with Crippen LogP contribution in [0.3, 0.4) is 0 Å². The second-order valence-electron chi connectivity index (χ2n) is 6.76. The molecule has 130 valence electrons. The Balaban J connectivity index is 1.58. The van der Waals surface area contributed by atoms with Crippen LogP contribution in [0, 0.1) is 0 Å². The van der Waals surface area contributed by atoms with Crippen molar-refractivity contribution in [2.75, 3.05) is 11.1 Å². The summed E-state index contributed by atoms with van der Waals surface area (Å²) in [7, 11) is 0. The van der Waals surface area contributed by atoms with Crippen molar-refractivity contribution in [3.8, 4) is 0 Å². The van der Waals surface area contributed by atoms with E-state index in [1.54, 1.807) is 11.3 Å². The zero-order chi connectivity index (χ0) is 18.0. The number of nitrogens with zero attached hydrogens (tertiary/aromatic N) is 1. The molecule has 0 spiro atoms. The van der Waals surface area contributed by atoms with Crippen LogP contribution < -0.4 is 5.32 Å². The fraction of sp³-hybridized carbons (Fsp3) is 0.263. The van der Waals surface area contributed by atoms with Gasteiger partial charge >= 0.3 is 0 Å². The maximum absolute atomic E-state index is 12.2. The number of thioether (sulfide) groups is 1. The number of halogens is 1. The standard InChI is InChI=1S/C19H19ClN2OS2/c1-19(2,3)12-4-7-14(8-5-12)21-17(23)11-24-18-22-15-10-13(20)6-9-16(15)25-18/h4-10H,11H2,1-3H3,(H,21,23). The van der Waals surface area contributed by atoms with Crippen LogP contribution in [0.5, 0.6) is 0 Å². The van der Waals surface area contributed by atoms with Gasteiger partial charge in [-0.15, -0.1) is 11.3 Å². The van der Waals surface area contributed by atoms with Crippen molar-refractivity contribution in [2.24, 2.45) is 0 Å². The van der Waals surface area contributed by atoms with Crippen LogP contribution in [0.1, 0.15) is 26.3 Å². The molecule has 0 radical (unpaired) electrons. The lowest BCUT2D eigenvalue weighted by Gasteiger charge is -2.19. The summed E-state index contributed by atoms with van der Waals surface area (Å²) in [5.74, 6) is 0.292. The molecule has 0 bridgehead atoms. The first-order chi connectivity index (χ1) is 11.8. The normalized spacial score (nSPS) is 11.7. The lowest BCUT2D eigenvalue weighted by Crippen LogP contribution is -2.15. The minimum absolute atomic E-state index is 0.0363. The van der Waals surface area contributed by atoms with Crippen LogP contribution in [-0.4, -0.2) is 16.6 Å². The third kappa shape index (κ3) is 4.75. The van der Waals surface area contributed by atoms with Gasteiger partial charge < -0.3 is 5.32 Å². The summed E-state index contributed by atoms with van der Waals surface area (Å²) in [5.41, 5.74) is 3.04. The van der Waals surface area contributed by atoms with Gasteiger partial charge in [-0.25, -0.2) is 4.98 Å². The number of amides is 1. The van der Waals surface area contributed by atoms with E-state index < -0.39 is 0 Å². The van der Waals surface area contributed by atoms with E-state index in [-0.39, 0.29) is 11.3 Å². The summed E-state index contributed by atoms with van der Waals surface area (Å²) in [6.07, 6.45) is 0. The van der Waals surface area contributed by atoms with Crippen LogP contribution in [0.15, 0.2) is 46.8 Å². The second kappa shape index (κ2) is 7.36. The van der Waals surface area contributed by atoms with Gasteiger partial charge in [-0.3, -0.25) is 4.79 Å². The molecule has 1 N–H and O–H groups in total. The van der Waals surface area contributed by atoms with Crippen molar-refractivity contribution in [3.63, 3.8) is 0 Å². The molecule has 0 saturated carbocycles. The van der Waals surface area contributed by atoms with Gasteiger partial charge in [-0.05, 0) is 41.3 Å². The van der Waals surface area contributed by atoms with Gasteiger partial charge in [0.25, 0.3) is 0 Å². The molecule has 6 heteroatoms. The molecule has 25 heavy (non-hydrogen) atoms. The largest absolute Gasteiger partial charge is 0.325 e. The fourth-order valence-electron chi connectivity index (χ4n) is 2.32. The van der Waals surface area contributed by atoms with E-state index in [4.69, 9.17) is 11.6 Å². The summed E-state index contributed by atoms with van der Waals surface area (Å²) in [6.45, 7) is 6.51. The summed E-state index contributed by atoms with van der Waals surface area (Å²) < 4.78 is 1.94. The quantitative estimate of drug-likeness (QED) is 0.557. The molecule has 3 aromatic rings. The number of aromatic nitrogens is 1. The van der Waals surface area contributed by atoms with E-state index in [9.17, 15) is 4.79 Å². The van der Waals surface area contributed by atoms with Crippen LogP contribution in [0.4, 0.5) is 5.69 Å². The van der Waals surface area contributed by atoms with Crippen molar-refractivity contribution in [1.29, 1.82) is 0 Å². The third-order valence-electron chi connectivity index (χ3n) is 3.69. The Morgan fingerprint density at radius 3 is 2.60 bits per heavy atom. The average Bonchev–Trinajstić information content (AvgIpc) is 2.94. The van der Waals surface area contributed by atoms with E-state index in [2.05, 4.69) is 43.2 Å². The Morgan fingerprint density at radius 1 is 1.20 bits per heavy atom. The van der Waals surface area contributed by atoms with Crippen molar-refractivity contribution in [1.82, 2.24) is 4.98 Å². The Kier molecular flexibility index (Phi) is 5.37. The molecule has 0 aliphatic rings. The molecule has 2 aromatic carbocycles. The maximum Gasteiger partial charge on any atom is 0.234 e. The van der Waals surface area contributed by atoms with E-state index in [0.29, 0.717) is 10.8 Å². The first-order valence-corrected chi connectivity index (χ1v) is 10.1. The fourth-order valence-corrected chi connectivity index (χ4v) is 4.33.